The van der Waals surface area contributed by atoms with Gasteiger partial charge in [0.15, 0.2) is 0 Å². The molecule has 1 heterocycles. The van der Waals surface area contributed by atoms with Crippen LogP contribution >= 0.6 is 0 Å². The van der Waals surface area contributed by atoms with Crippen LogP contribution in [0.25, 0.3) is 10.8 Å². The molecule has 0 aliphatic carbocycles. The van der Waals surface area contributed by atoms with Crippen LogP contribution in [0.5, 0.6) is 0 Å². The van der Waals surface area contributed by atoms with Crippen LogP contribution in [0.2, 0.25) is 0 Å². The fourth-order valence-electron chi connectivity index (χ4n) is 4.03. The van der Waals surface area contributed by atoms with Gasteiger partial charge in [-0.3, -0.25) is 19.3 Å². The van der Waals surface area contributed by atoms with Gasteiger partial charge in [-0.05, 0) is 42.5 Å². The molecule has 0 aromatic heterocycles. The van der Waals surface area contributed by atoms with Gasteiger partial charge in [-0.25, -0.2) is 0 Å². The topological polar surface area (TPSA) is 92.5 Å². The monoisotopic (exact) mass is 415 g/mol. The largest absolute Gasteiger partial charge is 0.398 e. The molecular weight excluding hydrogens is 390 g/mol. The molecule has 1 aliphatic heterocycles. The van der Waals surface area contributed by atoms with E-state index in [4.69, 9.17) is 5.73 Å². The molecule has 0 saturated carbocycles. The van der Waals surface area contributed by atoms with Gasteiger partial charge in [-0.1, -0.05) is 49.2 Å². The fraction of sp³-hybridized carbons (Fsp3) is 0.240. The minimum Gasteiger partial charge on any atom is -0.398 e. The summed E-state index contributed by atoms with van der Waals surface area (Å²) in [6.45, 7) is 0.958. The molecule has 4 rings (SSSR count). The summed E-state index contributed by atoms with van der Waals surface area (Å²) in [7, 11) is 0. The van der Waals surface area contributed by atoms with Crippen LogP contribution in [0.15, 0.2) is 60.7 Å². The molecule has 3 amide bonds. The molecule has 3 aromatic carbocycles. The van der Waals surface area contributed by atoms with Gasteiger partial charge >= 0.3 is 0 Å². The van der Waals surface area contributed by atoms with E-state index in [1.807, 2.05) is 24.3 Å². The molecule has 31 heavy (non-hydrogen) atoms. The Labute approximate surface area is 181 Å². The zero-order valence-electron chi connectivity index (χ0n) is 17.3. The Morgan fingerprint density at radius 1 is 0.806 bits per heavy atom. The Bertz CT molecular complexity index is 1100. The predicted octanol–water partition coefficient (Wildman–Crippen LogP) is 4.01. The van der Waals surface area contributed by atoms with Crippen LogP contribution in [0, 0.1) is 0 Å². The molecule has 158 valence electrons. The first-order valence-electron chi connectivity index (χ1n) is 10.6. The molecule has 3 N–H and O–H groups in total. The first-order valence-corrected chi connectivity index (χ1v) is 10.6. The maximum absolute atomic E-state index is 12.9. The number of unbranched alkanes of at least 4 members (excludes halogenated alkanes) is 3. The van der Waals surface area contributed by atoms with Crippen molar-refractivity contribution in [2.24, 2.45) is 0 Å². The first kappa shape index (κ1) is 20.6. The quantitative estimate of drug-likeness (QED) is 0.330. The number of carbonyl (C=O) groups is 3. The highest BCUT2D eigenvalue weighted by molar-refractivity contribution is 6.25. The standard InChI is InChI=1S/C25H25N3O3/c26-21-14-4-3-11-18(21)23(29)27-15-5-1-2-6-16-28-24(30)19-12-7-9-17-10-8-13-20(22(17)19)25(28)31/h3-4,7-14H,1-2,5-6,15-16,26H2,(H,27,29). The number of hydrogen-bond donors (Lipinski definition) is 2. The highest BCUT2D eigenvalue weighted by Crippen LogP contribution is 2.30. The van der Waals surface area contributed by atoms with Gasteiger partial charge in [0.05, 0.1) is 5.56 Å². The van der Waals surface area contributed by atoms with Crippen molar-refractivity contribution in [3.05, 3.63) is 77.4 Å². The van der Waals surface area contributed by atoms with Crippen molar-refractivity contribution in [3.8, 4) is 0 Å². The summed E-state index contributed by atoms with van der Waals surface area (Å²) < 4.78 is 0. The number of carbonyl (C=O) groups excluding carboxylic acids is 3. The normalized spacial score (nSPS) is 13.0. The van der Waals surface area contributed by atoms with Crippen molar-refractivity contribution in [2.75, 3.05) is 18.8 Å². The van der Waals surface area contributed by atoms with E-state index >= 15 is 0 Å². The second-order valence-electron chi connectivity index (χ2n) is 7.73. The average Bonchev–Trinajstić information content (AvgIpc) is 2.78. The van der Waals surface area contributed by atoms with Crippen LogP contribution in [-0.2, 0) is 0 Å². The number of hydrogen-bond acceptors (Lipinski definition) is 4. The van der Waals surface area contributed by atoms with E-state index in [9.17, 15) is 14.4 Å². The van der Waals surface area contributed by atoms with Gasteiger partial charge in [-0.2, -0.15) is 0 Å². The first-order chi connectivity index (χ1) is 15.1. The summed E-state index contributed by atoms with van der Waals surface area (Å²) in [5, 5.41) is 4.55. The smallest absolute Gasteiger partial charge is 0.261 e. The molecule has 0 unspecified atom stereocenters. The minimum absolute atomic E-state index is 0.171. The highest BCUT2D eigenvalue weighted by Gasteiger charge is 2.31. The van der Waals surface area contributed by atoms with Gasteiger partial charge in [0.1, 0.15) is 0 Å². The van der Waals surface area contributed by atoms with Crippen molar-refractivity contribution in [3.63, 3.8) is 0 Å². The molecule has 0 fully saturated rings. The van der Waals surface area contributed by atoms with E-state index < -0.39 is 0 Å². The third-order valence-electron chi connectivity index (χ3n) is 5.66. The third kappa shape index (κ3) is 4.14. The SMILES string of the molecule is Nc1ccccc1C(=O)NCCCCCCN1C(=O)c2cccc3cccc(c23)C1=O. The molecular formula is C25H25N3O3. The maximum atomic E-state index is 12.9. The zero-order valence-corrected chi connectivity index (χ0v) is 17.3. The van der Waals surface area contributed by atoms with Gasteiger partial charge in [-0.15, -0.1) is 0 Å². The van der Waals surface area contributed by atoms with E-state index in [-0.39, 0.29) is 17.7 Å². The Kier molecular flexibility index (Phi) is 5.98. The summed E-state index contributed by atoms with van der Waals surface area (Å²) in [6, 6.07) is 18.1. The second kappa shape index (κ2) is 9.00. The van der Waals surface area contributed by atoms with E-state index in [1.54, 1.807) is 36.4 Å². The number of nitrogens with one attached hydrogen (secondary N) is 1. The number of anilines is 1. The van der Waals surface area contributed by atoms with Crippen LogP contribution in [0.4, 0.5) is 5.69 Å². The lowest BCUT2D eigenvalue weighted by atomic mass is 9.94. The summed E-state index contributed by atoms with van der Waals surface area (Å²) >= 11 is 0. The van der Waals surface area contributed by atoms with Crippen LogP contribution < -0.4 is 11.1 Å². The lowest BCUT2D eigenvalue weighted by Crippen LogP contribution is -2.40. The number of amides is 3. The summed E-state index contributed by atoms with van der Waals surface area (Å²) in [5.74, 6) is -0.612. The molecule has 0 radical (unpaired) electrons. The molecule has 6 nitrogen and oxygen atoms in total. The lowest BCUT2D eigenvalue weighted by molar-refractivity contribution is 0.0607. The van der Waals surface area contributed by atoms with Crippen molar-refractivity contribution < 1.29 is 14.4 Å². The van der Waals surface area contributed by atoms with Crippen LogP contribution in [0.3, 0.4) is 0 Å². The molecule has 0 bridgehead atoms. The van der Waals surface area contributed by atoms with E-state index in [2.05, 4.69) is 5.32 Å². The molecule has 3 aromatic rings. The number of rotatable bonds is 8. The molecule has 0 saturated heterocycles. The summed E-state index contributed by atoms with van der Waals surface area (Å²) in [6.07, 6.45) is 3.32. The summed E-state index contributed by atoms with van der Waals surface area (Å²) in [4.78, 5) is 39.2. The Hall–Kier alpha value is -3.67. The van der Waals surface area contributed by atoms with E-state index in [1.165, 1.54) is 4.90 Å². The Morgan fingerprint density at radius 2 is 1.45 bits per heavy atom. The number of nitrogen functional groups attached to an aromatic ring is 1. The Balaban J connectivity index is 1.24. The van der Waals surface area contributed by atoms with Crippen LogP contribution in [0.1, 0.15) is 56.8 Å². The molecule has 0 atom stereocenters. The zero-order chi connectivity index (χ0) is 21.8. The van der Waals surface area contributed by atoms with E-state index in [0.717, 1.165) is 36.5 Å². The van der Waals surface area contributed by atoms with Crippen molar-refractivity contribution in [2.45, 2.75) is 25.7 Å². The number of nitrogens with zero attached hydrogens (tertiary/aromatic N) is 1. The number of imide groups is 1. The summed E-state index contributed by atoms with van der Waals surface area (Å²) in [5.41, 5.74) is 7.96. The molecule has 0 spiro atoms. The minimum atomic E-state index is -0.220. The second-order valence-corrected chi connectivity index (χ2v) is 7.73. The number of para-hydroxylation sites is 1. The maximum Gasteiger partial charge on any atom is 0.261 e. The Morgan fingerprint density at radius 3 is 2.13 bits per heavy atom. The number of benzene rings is 3. The third-order valence-corrected chi connectivity index (χ3v) is 5.66. The lowest BCUT2D eigenvalue weighted by Gasteiger charge is -2.27. The molecule has 6 heteroatoms. The van der Waals surface area contributed by atoms with Crippen molar-refractivity contribution in [1.29, 1.82) is 0 Å². The highest BCUT2D eigenvalue weighted by atomic mass is 16.2. The van der Waals surface area contributed by atoms with Gasteiger partial charge in [0, 0.05) is 35.3 Å². The van der Waals surface area contributed by atoms with E-state index in [0.29, 0.717) is 35.5 Å². The van der Waals surface area contributed by atoms with Gasteiger partial charge in [0.2, 0.25) is 0 Å². The van der Waals surface area contributed by atoms with Crippen molar-refractivity contribution >= 4 is 34.2 Å². The average molecular weight is 415 g/mol. The van der Waals surface area contributed by atoms with Crippen molar-refractivity contribution in [1.82, 2.24) is 10.2 Å². The predicted molar refractivity (Wildman–Crippen MR) is 121 cm³/mol. The van der Waals surface area contributed by atoms with Gasteiger partial charge < -0.3 is 11.1 Å². The fourth-order valence-corrected chi connectivity index (χ4v) is 4.03. The number of nitrogens with two attached hydrogens (primary N) is 1. The van der Waals surface area contributed by atoms with Crippen LogP contribution in [-0.4, -0.2) is 35.7 Å². The van der Waals surface area contributed by atoms with Gasteiger partial charge in [0.25, 0.3) is 17.7 Å². The molecule has 1 aliphatic rings.